The maximum atomic E-state index is 12.8. The molecule has 1 aromatic heterocycles. The molecule has 1 rings (SSSR count). The van der Waals surface area contributed by atoms with Crippen molar-refractivity contribution in [2.24, 2.45) is 0 Å². The molecule has 0 aliphatic carbocycles. The average Bonchev–Trinajstić information content (AvgIpc) is 2.50. The van der Waals surface area contributed by atoms with Gasteiger partial charge in [-0.1, -0.05) is 12.2 Å². The largest absolute Gasteiger partial charge is 0.243 e. The summed E-state index contributed by atoms with van der Waals surface area (Å²) in [6, 6.07) is 0. The molecule has 0 aromatic carbocycles. The molecule has 3 heteroatoms. The van der Waals surface area contributed by atoms with Crippen LogP contribution in [0.4, 0.5) is 4.39 Å². The minimum Gasteiger partial charge on any atom is -0.243 e. The van der Waals surface area contributed by atoms with Gasteiger partial charge in [0.15, 0.2) is 0 Å². The Balaban J connectivity index is 3.00. The van der Waals surface area contributed by atoms with Gasteiger partial charge in [0.1, 0.15) is 6.17 Å². The average molecular weight is 211 g/mol. The number of aryl methyl sites for hydroxylation is 1. The molecule has 0 N–H and O–H groups in total. The van der Waals surface area contributed by atoms with Crippen LogP contribution in [-0.2, 0) is 0 Å². The Bertz CT molecular complexity index is 350. The monoisotopic (exact) mass is 211 g/mol. The van der Waals surface area contributed by atoms with Crippen LogP contribution in [0, 0.1) is 6.92 Å². The summed E-state index contributed by atoms with van der Waals surface area (Å²) < 4.78 is 12.8. The van der Waals surface area contributed by atoms with Crippen LogP contribution in [0.1, 0.15) is 24.5 Å². The number of halogens is 1. The molecule has 0 fully saturated rings. The second kappa shape index (κ2) is 5.05. The first-order chi connectivity index (χ1) is 6.63. The van der Waals surface area contributed by atoms with E-state index in [4.69, 9.17) is 0 Å². The molecular weight excluding hydrogens is 197 g/mol. The first-order valence-electron chi connectivity index (χ1n) is 4.54. The third-order valence-corrected chi connectivity index (χ3v) is 2.44. The Morgan fingerprint density at radius 2 is 2.36 bits per heavy atom. The third-order valence-electron chi connectivity index (χ3n) is 1.67. The first-order valence-corrected chi connectivity index (χ1v) is 5.42. The highest BCUT2D eigenvalue weighted by molar-refractivity contribution is 7.09. The van der Waals surface area contributed by atoms with E-state index in [0.717, 1.165) is 16.3 Å². The molecule has 0 spiro atoms. The molecule has 1 atom stereocenters. The van der Waals surface area contributed by atoms with Crippen LogP contribution in [0.3, 0.4) is 0 Å². The molecule has 0 amide bonds. The Labute approximate surface area is 88.0 Å². The molecular formula is C11H14FNS. The Morgan fingerprint density at radius 3 is 2.79 bits per heavy atom. The lowest BCUT2D eigenvalue weighted by atomic mass is 10.1. The lowest BCUT2D eigenvalue weighted by Crippen LogP contribution is -1.89. The van der Waals surface area contributed by atoms with E-state index < -0.39 is 6.17 Å². The number of alkyl halides is 1. The van der Waals surface area contributed by atoms with Gasteiger partial charge < -0.3 is 0 Å². The van der Waals surface area contributed by atoms with E-state index in [9.17, 15) is 4.39 Å². The molecule has 0 aliphatic rings. The van der Waals surface area contributed by atoms with Crippen molar-refractivity contribution in [1.82, 2.24) is 4.98 Å². The van der Waals surface area contributed by atoms with Gasteiger partial charge in [-0.2, -0.15) is 0 Å². The molecule has 0 aliphatic heterocycles. The van der Waals surface area contributed by atoms with Crippen molar-refractivity contribution in [2.45, 2.75) is 26.9 Å². The van der Waals surface area contributed by atoms with Crippen LogP contribution in [0.25, 0.3) is 5.57 Å². The highest BCUT2D eigenvalue weighted by atomic mass is 32.1. The summed E-state index contributed by atoms with van der Waals surface area (Å²) in [5, 5.41) is 2.95. The van der Waals surface area contributed by atoms with Crippen molar-refractivity contribution in [3.8, 4) is 0 Å². The van der Waals surface area contributed by atoms with Gasteiger partial charge in [0.05, 0.1) is 10.7 Å². The Morgan fingerprint density at radius 1 is 1.64 bits per heavy atom. The lowest BCUT2D eigenvalue weighted by molar-refractivity contribution is 0.431. The van der Waals surface area contributed by atoms with Gasteiger partial charge in [0.25, 0.3) is 0 Å². The number of allylic oxidation sites excluding steroid dienone is 4. The van der Waals surface area contributed by atoms with Crippen molar-refractivity contribution in [3.05, 3.63) is 34.3 Å². The summed E-state index contributed by atoms with van der Waals surface area (Å²) in [6.07, 6.45) is 4.41. The van der Waals surface area contributed by atoms with E-state index >= 15 is 0 Å². The standard InChI is InChI=1S/C11H14FNS/c1-4-5-10(6-8(2)12)11-7-14-9(3)13-11/h4-8H,1-3H3/b5-4-,10-6+. The SMILES string of the molecule is C/C=C\C(=C/C(C)F)c1csc(C)n1. The van der Waals surface area contributed by atoms with Gasteiger partial charge in [-0.3, -0.25) is 0 Å². The van der Waals surface area contributed by atoms with Gasteiger partial charge >= 0.3 is 0 Å². The lowest BCUT2D eigenvalue weighted by Gasteiger charge is -1.98. The Hall–Kier alpha value is -0.960. The zero-order chi connectivity index (χ0) is 10.6. The summed E-state index contributed by atoms with van der Waals surface area (Å²) in [5.74, 6) is 0. The summed E-state index contributed by atoms with van der Waals surface area (Å²) in [7, 11) is 0. The Kier molecular flexibility index (Phi) is 4.01. The van der Waals surface area contributed by atoms with Gasteiger partial charge in [-0.25, -0.2) is 9.37 Å². The zero-order valence-electron chi connectivity index (χ0n) is 8.62. The predicted octanol–water partition coefficient (Wildman–Crippen LogP) is 3.77. The summed E-state index contributed by atoms with van der Waals surface area (Å²) >= 11 is 1.58. The topological polar surface area (TPSA) is 12.9 Å². The smallest absolute Gasteiger partial charge is 0.116 e. The highest BCUT2D eigenvalue weighted by Gasteiger charge is 2.04. The number of aromatic nitrogens is 1. The number of hydrogen-bond donors (Lipinski definition) is 0. The van der Waals surface area contributed by atoms with E-state index in [-0.39, 0.29) is 0 Å². The maximum absolute atomic E-state index is 12.8. The van der Waals surface area contributed by atoms with E-state index in [1.54, 1.807) is 17.4 Å². The van der Waals surface area contributed by atoms with Crippen molar-refractivity contribution in [1.29, 1.82) is 0 Å². The number of rotatable bonds is 3. The maximum Gasteiger partial charge on any atom is 0.116 e. The second-order valence-corrected chi connectivity index (χ2v) is 4.11. The van der Waals surface area contributed by atoms with E-state index in [0.29, 0.717) is 0 Å². The predicted molar refractivity (Wildman–Crippen MR) is 60.2 cm³/mol. The number of hydrogen-bond acceptors (Lipinski definition) is 2. The summed E-state index contributed by atoms with van der Waals surface area (Å²) in [4.78, 5) is 4.32. The molecule has 1 unspecified atom stereocenters. The molecule has 1 nitrogen and oxygen atoms in total. The fraction of sp³-hybridized carbons (Fsp3) is 0.364. The second-order valence-electron chi connectivity index (χ2n) is 3.05. The molecule has 0 bridgehead atoms. The molecule has 1 aromatic rings. The van der Waals surface area contributed by atoms with Gasteiger partial charge in [0.2, 0.25) is 0 Å². The quantitative estimate of drug-likeness (QED) is 0.693. The van der Waals surface area contributed by atoms with Gasteiger partial charge in [0, 0.05) is 5.38 Å². The van der Waals surface area contributed by atoms with Crippen LogP contribution in [0.15, 0.2) is 23.6 Å². The zero-order valence-corrected chi connectivity index (χ0v) is 9.44. The first kappa shape index (κ1) is 11.1. The van der Waals surface area contributed by atoms with E-state index in [2.05, 4.69) is 4.98 Å². The van der Waals surface area contributed by atoms with Crippen molar-refractivity contribution in [2.75, 3.05) is 0 Å². The van der Waals surface area contributed by atoms with Crippen LogP contribution >= 0.6 is 11.3 Å². The third kappa shape index (κ3) is 3.07. The highest BCUT2D eigenvalue weighted by Crippen LogP contribution is 2.19. The van der Waals surface area contributed by atoms with Crippen LogP contribution < -0.4 is 0 Å². The van der Waals surface area contributed by atoms with Gasteiger partial charge in [-0.15, -0.1) is 11.3 Å². The fourth-order valence-electron chi connectivity index (χ4n) is 1.15. The minimum atomic E-state index is -0.941. The van der Waals surface area contributed by atoms with Crippen molar-refractivity contribution >= 4 is 16.9 Å². The fourth-order valence-corrected chi connectivity index (χ4v) is 1.77. The summed E-state index contributed by atoms with van der Waals surface area (Å²) in [6.45, 7) is 5.37. The molecule has 1 heterocycles. The van der Waals surface area contributed by atoms with Crippen LogP contribution in [-0.4, -0.2) is 11.2 Å². The van der Waals surface area contributed by atoms with Crippen LogP contribution in [0.5, 0.6) is 0 Å². The number of nitrogens with zero attached hydrogens (tertiary/aromatic N) is 1. The molecule has 76 valence electrons. The van der Waals surface area contributed by atoms with E-state index in [1.165, 1.54) is 6.92 Å². The molecule has 0 saturated carbocycles. The van der Waals surface area contributed by atoms with Crippen molar-refractivity contribution in [3.63, 3.8) is 0 Å². The van der Waals surface area contributed by atoms with E-state index in [1.807, 2.05) is 31.4 Å². The van der Waals surface area contributed by atoms with Crippen molar-refractivity contribution < 1.29 is 4.39 Å². The normalized spacial score (nSPS) is 15.0. The molecule has 0 saturated heterocycles. The minimum absolute atomic E-state index is 0.854. The summed E-state index contributed by atoms with van der Waals surface area (Å²) in [5.41, 5.74) is 1.71. The molecule has 14 heavy (non-hydrogen) atoms. The van der Waals surface area contributed by atoms with Crippen LogP contribution in [0.2, 0.25) is 0 Å². The number of thiazole rings is 1. The van der Waals surface area contributed by atoms with Gasteiger partial charge in [-0.05, 0) is 32.4 Å². The molecule has 0 radical (unpaired) electrons.